The van der Waals surface area contributed by atoms with E-state index in [2.05, 4.69) is 10.6 Å². The fourth-order valence-corrected chi connectivity index (χ4v) is 1.68. The zero-order valence-corrected chi connectivity index (χ0v) is 8.10. The van der Waals surface area contributed by atoms with Gasteiger partial charge < -0.3 is 5.32 Å². The summed E-state index contributed by atoms with van der Waals surface area (Å²) in [5, 5.41) is 13.8. The highest BCUT2D eigenvalue weighted by molar-refractivity contribution is 5.57. The molecule has 3 nitrogen and oxygen atoms in total. The third kappa shape index (κ3) is 1.82. The van der Waals surface area contributed by atoms with Gasteiger partial charge in [-0.2, -0.15) is 18.4 Å². The normalized spacial score (nSPS) is 19.5. The van der Waals surface area contributed by atoms with E-state index >= 15 is 0 Å². The van der Waals surface area contributed by atoms with Crippen LogP contribution in [0.3, 0.4) is 0 Å². The Morgan fingerprint density at radius 3 is 2.75 bits per heavy atom. The molecule has 0 spiro atoms. The van der Waals surface area contributed by atoms with E-state index in [9.17, 15) is 13.2 Å². The highest BCUT2D eigenvalue weighted by Gasteiger charge is 2.43. The first-order chi connectivity index (χ1) is 7.52. The van der Waals surface area contributed by atoms with Crippen LogP contribution in [0.5, 0.6) is 0 Å². The molecule has 0 saturated carbocycles. The van der Waals surface area contributed by atoms with Gasteiger partial charge in [0.2, 0.25) is 0 Å². The molecule has 0 amide bonds. The Kier molecular flexibility index (Phi) is 2.48. The van der Waals surface area contributed by atoms with Crippen LogP contribution in [-0.2, 0) is 0 Å². The quantitative estimate of drug-likeness (QED) is 0.713. The molecule has 16 heavy (non-hydrogen) atoms. The third-order valence-corrected chi connectivity index (χ3v) is 2.40. The standard InChI is InChI=1S/C10H8F3N3/c11-10(12,13)9-7-3-6(4-14)1-2-8(7)15-5-16-9/h1-3,9,15-16H,5H2. The maximum atomic E-state index is 12.7. The van der Waals surface area contributed by atoms with E-state index in [4.69, 9.17) is 5.26 Å². The molecule has 1 aliphatic heterocycles. The average molecular weight is 227 g/mol. The van der Waals surface area contributed by atoms with Crippen LogP contribution >= 0.6 is 0 Å². The van der Waals surface area contributed by atoms with Gasteiger partial charge in [-0.1, -0.05) is 0 Å². The van der Waals surface area contributed by atoms with Gasteiger partial charge in [-0.05, 0) is 18.2 Å². The summed E-state index contributed by atoms with van der Waals surface area (Å²) in [6.07, 6.45) is -4.36. The lowest BCUT2D eigenvalue weighted by Crippen LogP contribution is -2.41. The Bertz CT molecular complexity index is 448. The first kappa shape index (κ1) is 10.8. The van der Waals surface area contributed by atoms with Crippen LogP contribution in [-0.4, -0.2) is 12.8 Å². The van der Waals surface area contributed by atoms with Crippen molar-refractivity contribution in [1.82, 2.24) is 5.32 Å². The van der Waals surface area contributed by atoms with Crippen molar-refractivity contribution >= 4 is 5.69 Å². The molecule has 1 atom stereocenters. The van der Waals surface area contributed by atoms with Crippen molar-refractivity contribution in [2.75, 3.05) is 12.0 Å². The van der Waals surface area contributed by atoms with Crippen molar-refractivity contribution in [3.63, 3.8) is 0 Å². The predicted octanol–water partition coefficient (Wildman–Crippen LogP) is 2.13. The minimum absolute atomic E-state index is 0.0586. The van der Waals surface area contributed by atoms with Gasteiger partial charge >= 0.3 is 6.18 Å². The van der Waals surface area contributed by atoms with Crippen LogP contribution in [0.4, 0.5) is 18.9 Å². The molecule has 0 fully saturated rings. The molecule has 0 bridgehead atoms. The first-order valence-corrected chi connectivity index (χ1v) is 4.60. The number of nitrogens with one attached hydrogen (secondary N) is 2. The maximum absolute atomic E-state index is 12.7. The second-order valence-electron chi connectivity index (χ2n) is 3.45. The summed E-state index contributed by atoms with van der Waals surface area (Å²) in [6, 6.07) is 4.36. The highest BCUT2D eigenvalue weighted by Crippen LogP contribution is 2.38. The van der Waals surface area contributed by atoms with E-state index in [1.807, 2.05) is 6.07 Å². The summed E-state index contributed by atoms with van der Waals surface area (Å²) in [5.74, 6) is 0. The van der Waals surface area contributed by atoms with Gasteiger partial charge in [0.05, 0.1) is 18.3 Å². The van der Waals surface area contributed by atoms with Gasteiger partial charge in [0, 0.05) is 11.3 Å². The number of fused-ring (bicyclic) bond motifs is 1. The Hall–Kier alpha value is -1.74. The van der Waals surface area contributed by atoms with Crippen LogP contribution in [0.1, 0.15) is 17.2 Å². The van der Waals surface area contributed by atoms with Crippen LogP contribution in [0.2, 0.25) is 0 Å². The van der Waals surface area contributed by atoms with Crippen molar-refractivity contribution in [2.24, 2.45) is 0 Å². The Morgan fingerprint density at radius 2 is 2.12 bits per heavy atom. The third-order valence-electron chi connectivity index (χ3n) is 2.40. The van der Waals surface area contributed by atoms with Gasteiger partial charge in [0.1, 0.15) is 6.04 Å². The molecule has 2 rings (SSSR count). The van der Waals surface area contributed by atoms with E-state index < -0.39 is 12.2 Å². The molecule has 0 aliphatic carbocycles. The number of hydrogen-bond acceptors (Lipinski definition) is 3. The van der Waals surface area contributed by atoms with Gasteiger partial charge in [-0.3, -0.25) is 5.32 Å². The van der Waals surface area contributed by atoms with E-state index in [0.717, 1.165) is 0 Å². The lowest BCUT2D eigenvalue weighted by atomic mass is 10.00. The van der Waals surface area contributed by atoms with Crippen LogP contribution in [0.25, 0.3) is 0 Å². The predicted molar refractivity (Wildman–Crippen MR) is 51.6 cm³/mol. The summed E-state index contributed by atoms with van der Waals surface area (Å²) in [7, 11) is 0. The van der Waals surface area contributed by atoms with E-state index in [1.54, 1.807) is 0 Å². The Labute approximate surface area is 89.9 Å². The van der Waals surface area contributed by atoms with E-state index in [0.29, 0.717) is 5.69 Å². The molecule has 0 saturated heterocycles. The number of hydrogen-bond donors (Lipinski definition) is 2. The molecular weight excluding hydrogens is 219 g/mol. The fourth-order valence-electron chi connectivity index (χ4n) is 1.68. The van der Waals surface area contributed by atoms with Crippen LogP contribution < -0.4 is 10.6 Å². The summed E-state index contributed by atoms with van der Waals surface area (Å²) in [5.41, 5.74) is 0.705. The summed E-state index contributed by atoms with van der Waals surface area (Å²) >= 11 is 0. The molecule has 1 unspecified atom stereocenters. The van der Waals surface area contributed by atoms with Crippen molar-refractivity contribution in [1.29, 1.82) is 5.26 Å². The summed E-state index contributed by atoms with van der Waals surface area (Å²) < 4.78 is 38.0. The second-order valence-corrected chi connectivity index (χ2v) is 3.45. The Morgan fingerprint density at radius 1 is 1.38 bits per heavy atom. The molecule has 2 N–H and O–H groups in total. The van der Waals surface area contributed by atoms with Crippen LogP contribution in [0, 0.1) is 11.3 Å². The second kappa shape index (κ2) is 3.68. The SMILES string of the molecule is N#Cc1ccc2c(c1)C(C(F)(F)F)NCN2. The minimum atomic E-state index is -4.36. The average Bonchev–Trinajstić information content (AvgIpc) is 2.26. The molecule has 0 aromatic heterocycles. The zero-order chi connectivity index (χ0) is 11.8. The number of nitriles is 1. The minimum Gasteiger partial charge on any atom is -0.372 e. The lowest BCUT2D eigenvalue weighted by Gasteiger charge is -2.29. The van der Waals surface area contributed by atoms with Crippen LogP contribution in [0.15, 0.2) is 18.2 Å². The molecule has 0 radical (unpaired) electrons. The molecule has 1 aliphatic rings. The molecule has 6 heteroatoms. The zero-order valence-electron chi connectivity index (χ0n) is 8.10. The van der Waals surface area contributed by atoms with Gasteiger partial charge in [-0.15, -0.1) is 0 Å². The number of benzene rings is 1. The largest absolute Gasteiger partial charge is 0.408 e. The molecule has 1 aromatic rings. The molecular formula is C10H8F3N3. The monoisotopic (exact) mass is 227 g/mol. The number of anilines is 1. The van der Waals surface area contributed by atoms with Gasteiger partial charge in [-0.25, -0.2) is 0 Å². The highest BCUT2D eigenvalue weighted by atomic mass is 19.4. The first-order valence-electron chi connectivity index (χ1n) is 4.60. The Balaban J connectivity index is 2.48. The van der Waals surface area contributed by atoms with Gasteiger partial charge in [0.25, 0.3) is 0 Å². The number of halogens is 3. The number of rotatable bonds is 0. The fraction of sp³-hybridized carbons (Fsp3) is 0.300. The number of alkyl halides is 3. The summed E-state index contributed by atoms with van der Waals surface area (Å²) in [4.78, 5) is 0. The molecule has 1 aromatic carbocycles. The smallest absolute Gasteiger partial charge is 0.372 e. The molecule has 84 valence electrons. The topological polar surface area (TPSA) is 47.9 Å². The van der Waals surface area contributed by atoms with Crippen molar-refractivity contribution in [3.05, 3.63) is 29.3 Å². The van der Waals surface area contributed by atoms with Crippen molar-refractivity contribution < 1.29 is 13.2 Å². The van der Waals surface area contributed by atoms with Gasteiger partial charge in [0.15, 0.2) is 0 Å². The molecule has 1 heterocycles. The van der Waals surface area contributed by atoms with E-state index in [-0.39, 0.29) is 17.8 Å². The lowest BCUT2D eigenvalue weighted by molar-refractivity contribution is -0.157. The number of nitrogens with zero attached hydrogens (tertiary/aromatic N) is 1. The maximum Gasteiger partial charge on any atom is 0.408 e. The summed E-state index contributed by atoms with van der Waals surface area (Å²) in [6.45, 7) is 0.0586. The van der Waals surface area contributed by atoms with E-state index in [1.165, 1.54) is 18.2 Å². The van der Waals surface area contributed by atoms with Crippen molar-refractivity contribution in [3.8, 4) is 6.07 Å². The van der Waals surface area contributed by atoms with Crippen molar-refractivity contribution in [2.45, 2.75) is 12.2 Å².